The van der Waals surface area contributed by atoms with Crippen LogP contribution >= 0.6 is 0 Å². The molecule has 0 radical (unpaired) electrons. The minimum absolute atomic E-state index is 0.862. The summed E-state index contributed by atoms with van der Waals surface area (Å²) in [5, 5.41) is 3.75. The monoisotopic (exact) mass is 151 g/mol. The maximum Gasteiger partial charge on any atom is 0.00749 e. The van der Waals surface area contributed by atoms with Gasteiger partial charge in [-0.15, -0.1) is 0 Å². The molecular weight excluding hydrogens is 134 g/mol. The fourth-order valence-corrected chi connectivity index (χ4v) is 3.15. The van der Waals surface area contributed by atoms with Gasteiger partial charge in [0.15, 0.2) is 0 Å². The third-order valence-electron chi connectivity index (χ3n) is 3.89. The molecule has 2 saturated heterocycles. The normalized spacial score (nSPS) is 45.8. The third-order valence-corrected chi connectivity index (χ3v) is 3.89. The Morgan fingerprint density at radius 3 is 2.18 bits per heavy atom. The fourth-order valence-electron chi connectivity index (χ4n) is 3.15. The van der Waals surface area contributed by atoms with Gasteiger partial charge < -0.3 is 5.32 Å². The molecule has 2 bridgehead atoms. The van der Waals surface area contributed by atoms with Gasteiger partial charge in [-0.1, -0.05) is 6.42 Å². The van der Waals surface area contributed by atoms with Gasteiger partial charge in [-0.25, -0.2) is 0 Å². The van der Waals surface area contributed by atoms with E-state index >= 15 is 0 Å². The summed E-state index contributed by atoms with van der Waals surface area (Å²) >= 11 is 0. The van der Waals surface area contributed by atoms with E-state index in [0.717, 1.165) is 17.5 Å². The Hall–Kier alpha value is -0.0400. The average Bonchev–Trinajstić information content (AvgIpc) is 2.68. The Balaban J connectivity index is 1.78. The first kappa shape index (κ1) is 6.47. The van der Waals surface area contributed by atoms with E-state index in [2.05, 4.69) is 5.32 Å². The maximum absolute atomic E-state index is 3.75. The molecule has 1 N–H and O–H groups in total. The highest BCUT2D eigenvalue weighted by atomic mass is 15.0. The lowest BCUT2D eigenvalue weighted by Gasteiger charge is -2.40. The van der Waals surface area contributed by atoms with Crippen molar-refractivity contribution in [3.8, 4) is 0 Å². The lowest BCUT2D eigenvalue weighted by Crippen LogP contribution is -2.49. The van der Waals surface area contributed by atoms with Crippen molar-refractivity contribution in [1.82, 2.24) is 5.32 Å². The molecule has 2 heterocycles. The predicted molar refractivity (Wildman–Crippen MR) is 45.5 cm³/mol. The van der Waals surface area contributed by atoms with Crippen molar-refractivity contribution in [3.63, 3.8) is 0 Å². The van der Waals surface area contributed by atoms with Gasteiger partial charge in [-0.2, -0.15) is 0 Å². The minimum atomic E-state index is 0.862. The smallest absolute Gasteiger partial charge is 0.00749 e. The summed E-state index contributed by atoms with van der Waals surface area (Å²) in [6.07, 6.45) is 10.5. The van der Waals surface area contributed by atoms with Gasteiger partial charge in [0.25, 0.3) is 0 Å². The molecule has 0 aromatic rings. The van der Waals surface area contributed by atoms with Crippen LogP contribution in [0.5, 0.6) is 0 Å². The second kappa shape index (κ2) is 2.01. The van der Waals surface area contributed by atoms with Crippen LogP contribution in [0.25, 0.3) is 0 Å². The molecule has 1 saturated carbocycles. The largest absolute Gasteiger partial charge is 0.311 e. The summed E-state index contributed by atoms with van der Waals surface area (Å²) < 4.78 is 0. The van der Waals surface area contributed by atoms with E-state index in [1.807, 2.05) is 0 Å². The summed E-state index contributed by atoms with van der Waals surface area (Å²) in [6.45, 7) is 0. The highest BCUT2D eigenvalue weighted by Crippen LogP contribution is 2.56. The molecule has 62 valence electrons. The molecule has 0 amide bonds. The van der Waals surface area contributed by atoms with Crippen molar-refractivity contribution >= 4 is 0 Å². The highest BCUT2D eigenvalue weighted by Gasteiger charge is 2.49. The van der Waals surface area contributed by atoms with Crippen LogP contribution in [0.1, 0.15) is 44.9 Å². The highest BCUT2D eigenvalue weighted by molar-refractivity contribution is 5.04. The van der Waals surface area contributed by atoms with Crippen LogP contribution in [0.2, 0.25) is 0 Å². The van der Waals surface area contributed by atoms with Crippen molar-refractivity contribution in [2.24, 2.45) is 5.41 Å². The predicted octanol–water partition coefficient (Wildman–Crippen LogP) is 2.07. The zero-order chi connectivity index (χ0) is 7.31. The lowest BCUT2D eigenvalue weighted by atomic mass is 9.78. The number of rotatable bonds is 0. The first-order chi connectivity index (χ1) is 5.36. The standard InChI is InChI=1S/C10H17N/c1-2-8-6-10(4-5-10)7-9(3-1)11-8/h8-9,11H,1-7H2. The van der Waals surface area contributed by atoms with Crippen molar-refractivity contribution < 1.29 is 0 Å². The minimum Gasteiger partial charge on any atom is -0.311 e. The summed E-state index contributed by atoms with van der Waals surface area (Å²) in [7, 11) is 0. The molecule has 11 heavy (non-hydrogen) atoms. The van der Waals surface area contributed by atoms with Crippen LogP contribution in [0.3, 0.4) is 0 Å². The number of hydrogen-bond donors (Lipinski definition) is 1. The van der Waals surface area contributed by atoms with E-state index in [4.69, 9.17) is 0 Å². The van der Waals surface area contributed by atoms with Crippen LogP contribution in [0, 0.1) is 5.41 Å². The van der Waals surface area contributed by atoms with E-state index in [1.54, 1.807) is 12.8 Å². The van der Waals surface area contributed by atoms with Crippen LogP contribution in [0.4, 0.5) is 0 Å². The Morgan fingerprint density at radius 2 is 1.64 bits per heavy atom. The summed E-state index contributed by atoms with van der Waals surface area (Å²) in [4.78, 5) is 0. The lowest BCUT2D eigenvalue weighted by molar-refractivity contribution is 0.172. The molecule has 2 unspecified atom stereocenters. The first-order valence-corrected chi connectivity index (χ1v) is 5.12. The molecule has 1 spiro atoms. The summed E-state index contributed by atoms with van der Waals surface area (Å²) in [5.74, 6) is 0. The van der Waals surface area contributed by atoms with Crippen molar-refractivity contribution in [3.05, 3.63) is 0 Å². The van der Waals surface area contributed by atoms with Crippen molar-refractivity contribution in [1.29, 1.82) is 0 Å². The van der Waals surface area contributed by atoms with Gasteiger partial charge in [-0.05, 0) is 43.9 Å². The second-order valence-corrected chi connectivity index (χ2v) is 4.90. The zero-order valence-corrected chi connectivity index (χ0v) is 7.10. The summed E-state index contributed by atoms with van der Waals surface area (Å²) in [5.41, 5.74) is 0.862. The van der Waals surface area contributed by atoms with Crippen LogP contribution in [-0.2, 0) is 0 Å². The Labute approximate surface area is 68.6 Å². The zero-order valence-electron chi connectivity index (χ0n) is 7.10. The molecule has 2 aliphatic heterocycles. The average molecular weight is 151 g/mol. The second-order valence-electron chi connectivity index (χ2n) is 4.90. The molecular formula is C10H17N. The fraction of sp³-hybridized carbons (Fsp3) is 1.00. The van der Waals surface area contributed by atoms with E-state index < -0.39 is 0 Å². The molecule has 3 fully saturated rings. The quantitative estimate of drug-likeness (QED) is 0.559. The molecule has 1 heteroatoms. The number of nitrogens with one attached hydrogen (secondary N) is 1. The van der Waals surface area contributed by atoms with Gasteiger partial charge in [0.05, 0.1) is 0 Å². The molecule has 0 aromatic carbocycles. The van der Waals surface area contributed by atoms with Crippen molar-refractivity contribution in [2.45, 2.75) is 57.0 Å². The van der Waals surface area contributed by atoms with Gasteiger partial charge in [0, 0.05) is 12.1 Å². The maximum atomic E-state index is 3.75. The Kier molecular flexibility index (Phi) is 1.18. The molecule has 0 aromatic heterocycles. The van der Waals surface area contributed by atoms with Gasteiger partial charge in [0.2, 0.25) is 0 Å². The van der Waals surface area contributed by atoms with E-state index in [1.165, 1.54) is 32.1 Å². The topological polar surface area (TPSA) is 12.0 Å². The molecule has 3 rings (SSSR count). The third kappa shape index (κ3) is 1.01. The van der Waals surface area contributed by atoms with Gasteiger partial charge in [-0.3, -0.25) is 0 Å². The Morgan fingerprint density at radius 1 is 1.00 bits per heavy atom. The molecule has 2 atom stereocenters. The van der Waals surface area contributed by atoms with Crippen LogP contribution in [0.15, 0.2) is 0 Å². The van der Waals surface area contributed by atoms with Gasteiger partial charge >= 0.3 is 0 Å². The SMILES string of the molecule is C1CC2CC3(CC3)CC(C1)N2. The number of fused-ring (bicyclic) bond motifs is 2. The number of piperidine rings is 2. The molecule has 1 aliphatic carbocycles. The van der Waals surface area contributed by atoms with E-state index in [-0.39, 0.29) is 0 Å². The molecule has 1 nitrogen and oxygen atoms in total. The number of hydrogen-bond acceptors (Lipinski definition) is 1. The van der Waals surface area contributed by atoms with E-state index in [0.29, 0.717) is 0 Å². The van der Waals surface area contributed by atoms with Crippen molar-refractivity contribution in [2.75, 3.05) is 0 Å². The first-order valence-electron chi connectivity index (χ1n) is 5.12. The van der Waals surface area contributed by atoms with Crippen LogP contribution in [-0.4, -0.2) is 12.1 Å². The van der Waals surface area contributed by atoms with Gasteiger partial charge in [0.1, 0.15) is 0 Å². The van der Waals surface area contributed by atoms with E-state index in [9.17, 15) is 0 Å². The molecule has 3 aliphatic rings. The summed E-state index contributed by atoms with van der Waals surface area (Å²) in [6, 6.07) is 1.81. The van der Waals surface area contributed by atoms with Crippen LogP contribution < -0.4 is 5.32 Å². The Bertz CT molecular complexity index is 158.